The van der Waals surface area contributed by atoms with Crippen LogP contribution in [-0.4, -0.2) is 38.8 Å². The fraction of sp³-hybridized carbons (Fsp3) is 0.350. The number of morpholine rings is 1. The topological polar surface area (TPSA) is 50.8 Å². The van der Waals surface area contributed by atoms with Gasteiger partial charge >= 0.3 is 0 Å². The number of carbonyl (C=O) groups excluding carboxylic acids is 1. The first-order chi connectivity index (χ1) is 12.7. The first-order valence-electron chi connectivity index (χ1n) is 8.83. The van der Waals surface area contributed by atoms with E-state index in [1.165, 1.54) is 0 Å². The molecule has 1 aliphatic rings. The van der Waals surface area contributed by atoms with Gasteiger partial charge < -0.3 is 19.7 Å². The van der Waals surface area contributed by atoms with Crippen molar-refractivity contribution >= 4 is 33.2 Å². The molecule has 1 amide bonds. The number of hydrogen-bond donors (Lipinski definition) is 1. The van der Waals surface area contributed by atoms with Crippen molar-refractivity contribution in [2.75, 3.05) is 43.1 Å². The molecule has 6 heteroatoms. The summed E-state index contributed by atoms with van der Waals surface area (Å²) >= 11 is 3.45. The first-order valence-corrected chi connectivity index (χ1v) is 9.62. The number of hydrogen-bond acceptors (Lipinski definition) is 4. The number of halogens is 1. The quantitative estimate of drug-likeness (QED) is 0.688. The highest BCUT2D eigenvalue weighted by Crippen LogP contribution is 2.27. The number of anilines is 2. The fourth-order valence-corrected chi connectivity index (χ4v) is 3.25. The van der Waals surface area contributed by atoms with Gasteiger partial charge in [0, 0.05) is 19.5 Å². The third-order valence-electron chi connectivity index (χ3n) is 4.17. The van der Waals surface area contributed by atoms with Gasteiger partial charge in [0.05, 0.1) is 35.7 Å². The Morgan fingerprint density at radius 3 is 2.65 bits per heavy atom. The predicted octanol–water partition coefficient (Wildman–Crippen LogP) is 4.08. The number of nitrogens with zero attached hydrogens (tertiary/aromatic N) is 1. The molecule has 1 heterocycles. The number of carbonyl (C=O) groups is 1. The summed E-state index contributed by atoms with van der Waals surface area (Å²) in [5, 5.41) is 3.03. The van der Waals surface area contributed by atoms with Crippen LogP contribution in [0.4, 0.5) is 11.4 Å². The summed E-state index contributed by atoms with van der Waals surface area (Å²) in [4.78, 5) is 14.6. The molecule has 0 saturated carbocycles. The van der Waals surface area contributed by atoms with Gasteiger partial charge in [0.25, 0.3) is 0 Å². The predicted molar refractivity (Wildman–Crippen MR) is 107 cm³/mol. The minimum atomic E-state index is 0.00133. The molecule has 3 rings (SSSR count). The number of benzene rings is 2. The van der Waals surface area contributed by atoms with E-state index in [1.54, 1.807) is 0 Å². The zero-order chi connectivity index (χ0) is 18.2. The zero-order valence-corrected chi connectivity index (χ0v) is 16.2. The molecule has 2 aromatic rings. The highest BCUT2D eigenvalue weighted by atomic mass is 79.9. The molecule has 0 spiro atoms. The second-order valence-corrected chi connectivity index (χ2v) is 6.90. The molecule has 1 saturated heterocycles. The minimum Gasteiger partial charge on any atom is -0.492 e. The lowest BCUT2D eigenvalue weighted by Crippen LogP contribution is -2.36. The molecule has 0 unspecified atom stereocenters. The summed E-state index contributed by atoms with van der Waals surface area (Å²) < 4.78 is 12.0. The van der Waals surface area contributed by atoms with Gasteiger partial charge in [-0.15, -0.1) is 0 Å². The molecular weight excluding hydrogens is 396 g/mol. The van der Waals surface area contributed by atoms with Crippen LogP contribution < -0.4 is 15.0 Å². The second kappa shape index (κ2) is 9.59. The molecule has 1 fully saturated rings. The molecule has 1 N–H and O–H groups in total. The minimum absolute atomic E-state index is 0.00133. The Morgan fingerprint density at radius 1 is 1.12 bits per heavy atom. The molecular formula is C20H23BrN2O3. The van der Waals surface area contributed by atoms with Crippen molar-refractivity contribution in [3.63, 3.8) is 0 Å². The van der Waals surface area contributed by atoms with E-state index < -0.39 is 0 Å². The van der Waals surface area contributed by atoms with E-state index in [0.717, 1.165) is 34.7 Å². The number of para-hydroxylation sites is 3. The average molecular weight is 419 g/mol. The van der Waals surface area contributed by atoms with E-state index in [2.05, 4.69) is 26.1 Å². The molecule has 138 valence electrons. The summed E-state index contributed by atoms with van der Waals surface area (Å²) in [5.41, 5.74) is 1.90. The fourth-order valence-electron chi connectivity index (χ4n) is 2.85. The third kappa shape index (κ3) is 5.22. The van der Waals surface area contributed by atoms with Gasteiger partial charge in [-0.3, -0.25) is 4.79 Å². The summed E-state index contributed by atoms with van der Waals surface area (Å²) in [6.45, 7) is 3.61. The normalized spacial score (nSPS) is 14.1. The van der Waals surface area contributed by atoms with Crippen LogP contribution in [0.2, 0.25) is 0 Å². The van der Waals surface area contributed by atoms with Crippen LogP contribution in [0.25, 0.3) is 0 Å². The summed E-state index contributed by atoms with van der Waals surface area (Å²) in [5.74, 6) is 0.798. The Balaban J connectivity index is 1.48. The van der Waals surface area contributed by atoms with Gasteiger partial charge in [-0.25, -0.2) is 0 Å². The van der Waals surface area contributed by atoms with Crippen molar-refractivity contribution in [3.8, 4) is 5.75 Å². The molecule has 26 heavy (non-hydrogen) atoms. The van der Waals surface area contributed by atoms with Gasteiger partial charge in [-0.2, -0.15) is 0 Å². The Morgan fingerprint density at radius 2 is 1.85 bits per heavy atom. The lowest BCUT2D eigenvalue weighted by Gasteiger charge is -2.30. The van der Waals surface area contributed by atoms with Crippen molar-refractivity contribution in [1.82, 2.24) is 0 Å². The number of amides is 1. The van der Waals surface area contributed by atoms with Crippen LogP contribution in [0, 0.1) is 0 Å². The maximum Gasteiger partial charge on any atom is 0.224 e. The van der Waals surface area contributed by atoms with E-state index in [4.69, 9.17) is 9.47 Å². The monoisotopic (exact) mass is 418 g/mol. The Kier molecular flexibility index (Phi) is 6.91. The Bertz CT molecular complexity index is 733. The van der Waals surface area contributed by atoms with Gasteiger partial charge in [0.15, 0.2) is 0 Å². The van der Waals surface area contributed by atoms with E-state index in [0.29, 0.717) is 32.7 Å². The van der Waals surface area contributed by atoms with Crippen LogP contribution in [0.15, 0.2) is 53.0 Å². The highest BCUT2D eigenvalue weighted by Gasteiger charge is 2.15. The summed E-state index contributed by atoms with van der Waals surface area (Å²) in [6, 6.07) is 15.6. The van der Waals surface area contributed by atoms with Gasteiger partial charge in [-0.1, -0.05) is 24.3 Å². The van der Waals surface area contributed by atoms with Crippen LogP contribution in [0.5, 0.6) is 5.75 Å². The van der Waals surface area contributed by atoms with Crippen LogP contribution in [0.3, 0.4) is 0 Å². The molecule has 0 bridgehead atoms. The third-order valence-corrected chi connectivity index (χ3v) is 4.83. The van der Waals surface area contributed by atoms with Crippen LogP contribution >= 0.6 is 15.9 Å². The molecule has 2 aromatic carbocycles. The highest BCUT2D eigenvalue weighted by molar-refractivity contribution is 9.10. The largest absolute Gasteiger partial charge is 0.492 e. The maximum absolute atomic E-state index is 12.3. The standard InChI is InChI=1S/C20H23BrN2O3/c21-16-6-1-4-9-19(16)26-13-5-10-20(24)22-17-7-2-3-8-18(17)23-11-14-25-15-12-23/h1-4,6-9H,5,10-15H2,(H,22,24). The van der Waals surface area contributed by atoms with Crippen molar-refractivity contribution in [2.24, 2.45) is 0 Å². The zero-order valence-electron chi connectivity index (χ0n) is 14.6. The number of ether oxygens (including phenoxy) is 2. The van der Waals surface area contributed by atoms with Crippen molar-refractivity contribution in [3.05, 3.63) is 53.0 Å². The molecule has 0 aliphatic carbocycles. The summed E-state index contributed by atoms with van der Waals surface area (Å²) in [6.07, 6.45) is 1.08. The summed E-state index contributed by atoms with van der Waals surface area (Å²) in [7, 11) is 0. The lowest BCUT2D eigenvalue weighted by molar-refractivity contribution is -0.116. The number of rotatable bonds is 7. The molecule has 0 aromatic heterocycles. The molecule has 0 atom stereocenters. The Labute approximate surface area is 162 Å². The van der Waals surface area contributed by atoms with Crippen molar-refractivity contribution < 1.29 is 14.3 Å². The smallest absolute Gasteiger partial charge is 0.224 e. The Hall–Kier alpha value is -2.05. The molecule has 0 radical (unpaired) electrons. The van der Waals surface area contributed by atoms with E-state index in [-0.39, 0.29) is 5.91 Å². The lowest BCUT2D eigenvalue weighted by atomic mass is 10.2. The van der Waals surface area contributed by atoms with Gasteiger partial charge in [0.2, 0.25) is 5.91 Å². The van der Waals surface area contributed by atoms with Crippen molar-refractivity contribution in [1.29, 1.82) is 0 Å². The maximum atomic E-state index is 12.3. The van der Waals surface area contributed by atoms with E-state index >= 15 is 0 Å². The van der Waals surface area contributed by atoms with Gasteiger partial charge in [0.1, 0.15) is 5.75 Å². The molecule has 1 aliphatic heterocycles. The average Bonchev–Trinajstić information content (AvgIpc) is 2.68. The van der Waals surface area contributed by atoms with Crippen LogP contribution in [0.1, 0.15) is 12.8 Å². The van der Waals surface area contributed by atoms with Gasteiger partial charge in [-0.05, 0) is 46.6 Å². The first kappa shape index (κ1) is 18.7. The molecule has 5 nitrogen and oxygen atoms in total. The van der Waals surface area contributed by atoms with Crippen molar-refractivity contribution in [2.45, 2.75) is 12.8 Å². The SMILES string of the molecule is O=C(CCCOc1ccccc1Br)Nc1ccccc1N1CCOCC1. The number of nitrogens with one attached hydrogen (secondary N) is 1. The van der Waals surface area contributed by atoms with Crippen LogP contribution in [-0.2, 0) is 9.53 Å². The second-order valence-electron chi connectivity index (χ2n) is 6.05. The van der Waals surface area contributed by atoms with E-state index in [1.807, 2.05) is 48.5 Å². The van der Waals surface area contributed by atoms with E-state index in [9.17, 15) is 4.79 Å².